The lowest BCUT2D eigenvalue weighted by atomic mass is 10.3. The molecule has 0 saturated heterocycles. The minimum Gasteiger partial charge on any atom is -0.591 e. The summed E-state index contributed by atoms with van der Waals surface area (Å²) in [5.74, 6) is -0.350. The molecule has 0 saturated carbocycles. The molecule has 0 unspecified atom stereocenters. The third kappa shape index (κ3) is 5.80. The molecule has 6 heteroatoms. The van der Waals surface area contributed by atoms with E-state index < -0.39 is 17.2 Å². The molecule has 1 aromatic carbocycles. The van der Waals surface area contributed by atoms with Crippen LogP contribution in [0.15, 0.2) is 22.6 Å². The quantitative estimate of drug-likeness (QED) is 0.472. The van der Waals surface area contributed by atoms with Crippen molar-refractivity contribution in [3.05, 3.63) is 29.0 Å². The van der Waals surface area contributed by atoms with Crippen molar-refractivity contribution in [2.45, 2.75) is 31.9 Å². The lowest BCUT2D eigenvalue weighted by Crippen LogP contribution is -2.25. The maximum absolute atomic E-state index is 13.4. The first kappa shape index (κ1) is 16.3. The molecule has 0 N–H and O–H groups in total. The first-order valence-corrected chi connectivity index (χ1v) is 7.31. The predicted octanol–water partition coefficient (Wildman–Crippen LogP) is 3.78. The Labute approximate surface area is 121 Å². The molecule has 0 aliphatic carbocycles. The van der Waals surface area contributed by atoms with E-state index in [1.54, 1.807) is 6.07 Å². The Morgan fingerprint density at radius 3 is 2.74 bits per heavy atom. The van der Waals surface area contributed by atoms with Gasteiger partial charge >= 0.3 is 0 Å². The summed E-state index contributed by atoms with van der Waals surface area (Å²) >= 11 is 4.36. The topological polar surface area (TPSA) is 44.7 Å². The molecule has 19 heavy (non-hydrogen) atoms. The monoisotopic (exact) mass is 305 g/mol. The molecular formula is C13H17ClFNO2S. The van der Waals surface area contributed by atoms with E-state index in [0.29, 0.717) is 11.4 Å². The van der Waals surface area contributed by atoms with Crippen LogP contribution in [0.4, 0.5) is 4.39 Å². The van der Waals surface area contributed by atoms with Gasteiger partial charge in [-0.05, 0) is 39.0 Å². The van der Waals surface area contributed by atoms with E-state index >= 15 is 0 Å². The van der Waals surface area contributed by atoms with Crippen molar-refractivity contribution in [2.24, 2.45) is 4.40 Å². The fraction of sp³-hybridized carbons (Fsp3) is 0.462. The summed E-state index contributed by atoms with van der Waals surface area (Å²) in [5.41, 5.74) is 0. The Hall–Kier alpha value is -0.780. The second-order valence-electron chi connectivity index (χ2n) is 4.86. The van der Waals surface area contributed by atoms with Crippen LogP contribution in [-0.4, -0.2) is 22.1 Å². The van der Waals surface area contributed by atoms with Crippen LogP contribution in [0.5, 0.6) is 5.75 Å². The second kappa shape index (κ2) is 7.12. The highest BCUT2D eigenvalue weighted by molar-refractivity contribution is 7.91. The molecule has 1 aromatic rings. The Bertz CT molecular complexity index is 449. The summed E-state index contributed by atoms with van der Waals surface area (Å²) < 4.78 is 33.7. The highest BCUT2D eigenvalue weighted by Crippen LogP contribution is 2.21. The van der Waals surface area contributed by atoms with E-state index in [1.807, 2.05) is 20.8 Å². The molecule has 0 heterocycles. The number of hydrogen-bond acceptors (Lipinski definition) is 3. The molecule has 0 spiro atoms. The summed E-state index contributed by atoms with van der Waals surface area (Å²) in [4.78, 5) is 0. The van der Waals surface area contributed by atoms with Crippen molar-refractivity contribution >= 4 is 29.2 Å². The molecule has 1 atom stereocenters. The zero-order chi connectivity index (χ0) is 14.5. The largest absolute Gasteiger partial charge is 0.591 e. The van der Waals surface area contributed by atoms with Gasteiger partial charge in [0, 0.05) is 11.4 Å². The summed E-state index contributed by atoms with van der Waals surface area (Å²) in [6, 6.07) is 4.23. The number of hydrogen-bond donors (Lipinski definition) is 0. The first-order chi connectivity index (χ1) is 8.80. The lowest BCUT2D eigenvalue weighted by molar-refractivity contribution is 0.313. The van der Waals surface area contributed by atoms with Crippen molar-refractivity contribution in [1.29, 1.82) is 0 Å². The van der Waals surface area contributed by atoms with Gasteiger partial charge in [-0.3, -0.25) is 0 Å². The molecule has 0 fully saturated rings. The average Bonchev–Trinajstić information content (AvgIpc) is 2.29. The van der Waals surface area contributed by atoms with Gasteiger partial charge in [0.1, 0.15) is 16.1 Å². The molecular weight excluding hydrogens is 289 g/mol. The molecule has 0 aliphatic heterocycles. The normalized spacial score (nSPS) is 13.8. The highest BCUT2D eigenvalue weighted by atomic mass is 35.5. The van der Waals surface area contributed by atoms with E-state index in [-0.39, 0.29) is 17.1 Å². The SMILES string of the molecule is CC(C)(C)[S@+]([O-])/N=C/CCOc1ccc(Cl)cc1F. The van der Waals surface area contributed by atoms with E-state index in [0.717, 1.165) is 0 Å². The van der Waals surface area contributed by atoms with E-state index in [4.69, 9.17) is 16.3 Å². The molecule has 3 nitrogen and oxygen atoms in total. The Morgan fingerprint density at radius 2 is 2.16 bits per heavy atom. The molecule has 106 valence electrons. The van der Waals surface area contributed by atoms with Crippen LogP contribution in [0.3, 0.4) is 0 Å². The fourth-order valence-corrected chi connectivity index (χ4v) is 1.81. The third-order valence-corrected chi connectivity index (χ3v) is 3.72. The standard InChI is InChI=1S/C13H17ClFNO2S/c1-13(2,3)19(17)16-7-4-8-18-12-6-5-10(14)9-11(12)15/h5-7,9H,4,8H2,1-3H3/b16-7+/t19-/m0/s1. The minimum atomic E-state index is -1.27. The van der Waals surface area contributed by atoms with Crippen molar-refractivity contribution in [1.82, 2.24) is 0 Å². The van der Waals surface area contributed by atoms with Crippen LogP contribution in [-0.2, 0) is 11.4 Å². The van der Waals surface area contributed by atoms with E-state index in [9.17, 15) is 8.94 Å². The van der Waals surface area contributed by atoms with E-state index in [1.165, 1.54) is 18.3 Å². The van der Waals surface area contributed by atoms with Gasteiger partial charge in [-0.2, -0.15) is 0 Å². The van der Waals surface area contributed by atoms with Gasteiger partial charge in [-0.25, -0.2) is 4.39 Å². The number of rotatable bonds is 5. The molecule has 0 radical (unpaired) electrons. The Kier molecular flexibility index (Phi) is 6.10. The first-order valence-electron chi connectivity index (χ1n) is 5.83. The van der Waals surface area contributed by atoms with Gasteiger partial charge in [-0.15, -0.1) is 0 Å². The maximum atomic E-state index is 13.4. The summed E-state index contributed by atoms with van der Waals surface area (Å²) in [6.07, 6.45) is 2.00. The number of benzene rings is 1. The summed E-state index contributed by atoms with van der Waals surface area (Å²) in [7, 11) is 0. The minimum absolute atomic E-state index is 0.148. The van der Waals surface area contributed by atoms with Gasteiger partial charge in [0.05, 0.1) is 12.8 Å². The number of ether oxygens (including phenoxy) is 1. The van der Waals surface area contributed by atoms with Crippen molar-refractivity contribution in [3.8, 4) is 5.75 Å². The van der Waals surface area contributed by atoms with Crippen LogP contribution in [0.25, 0.3) is 0 Å². The van der Waals surface area contributed by atoms with Gasteiger partial charge in [0.15, 0.2) is 11.6 Å². The zero-order valence-electron chi connectivity index (χ0n) is 11.2. The third-order valence-electron chi connectivity index (χ3n) is 2.09. The second-order valence-corrected chi connectivity index (χ2v) is 7.23. The van der Waals surface area contributed by atoms with Crippen LogP contribution in [0.1, 0.15) is 27.2 Å². The molecule has 0 amide bonds. The van der Waals surface area contributed by atoms with Crippen LogP contribution in [0, 0.1) is 5.82 Å². The fourth-order valence-electron chi connectivity index (χ4n) is 1.09. The number of halogens is 2. The van der Waals surface area contributed by atoms with Crippen LogP contribution < -0.4 is 4.74 Å². The van der Waals surface area contributed by atoms with Gasteiger partial charge in [0.2, 0.25) is 0 Å². The smallest absolute Gasteiger partial charge is 0.166 e. The zero-order valence-corrected chi connectivity index (χ0v) is 12.7. The molecule has 0 aromatic heterocycles. The van der Waals surface area contributed by atoms with E-state index in [2.05, 4.69) is 4.40 Å². The number of nitrogens with zero attached hydrogens (tertiary/aromatic N) is 1. The van der Waals surface area contributed by atoms with Crippen LogP contribution >= 0.6 is 11.6 Å². The molecule has 0 bridgehead atoms. The van der Waals surface area contributed by atoms with Gasteiger partial charge < -0.3 is 9.29 Å². The van der Waals surface area contributed by atoms with Crippen molar-refractivity contribution in [3.63, 3.8) is 0 Å². The summed E-state index contributed by atoms with van der Waals surface area (Å²) in [6.45, 7) is 5.81. The predicted molar refractivity (Wildman–Crippen MR) is 77.9 cm³/mol. The van der Waals surface area contributed by atoms with Gasteiger partial charge in [-0.1, -0.05) is 16.0 Å². The van der Waals surface area contributed by atoms with Crippen molar-refractivity contribution < 1.29 is 13.7 Å². The Morgan fingerprint density at radius 1 is 1.47 bits per heavy atom. The van der Waals surface area contributed by atoms with Crippen molar-refractivity contribution in [2.75, 3.05) is 6.61 Å². The van der Waals surface area contributed by atoms with Crippen LogP contribution in [0.2, 0.25) is 5.02 Å². The average molecular weight is 306 g/mol. The Balaban J connectivity index is 2.37. The maximum Gasteiger partial charge on any atom is 0.166 e. The lowest BCUT2D eigenvalue weighted by Gasteiger charge is -2.17. The summed E-state index contributed by atoms with van der Waals surface area (Å²) in [5, 5.41) is 0.326. The molecule has 0 aliphatic rings. The highest BCUT2D eigenvalue weighted by Gasteiger charge is 2.25. The van der Waals surface area contributed by atoms with Gasteiger partial charge in [0.25, 0.3) is 0 Å². The molecule has 1 rings (SSSR count).